The maximum absolute atomic E-state index is 4.40. The van der Waals surface area contributed by atoms with E-state index in [4.69, 9.17) is 0 Å². The first-order valence-electron chi connectivity index (χ1n) is 5.25. The molecule has 0 amide bonds. The summed E-state index contributed by atoms with van der Waals surface area (Å²) in [5, 5.41) is 0. The lowest BCUT2D eigenvalue weighted by atomic mass is 9.96. The first-order chi connectivity index (χ1) is 7.19. The van der Waals surface area contributed by atoms with Crippen LogP contribution in [0, 0.1) is 0 Å². The third-order valence-electron chi connectivity index (χ3n) is 3.34. The molecule has 2 nitrogen and oxygen atoms in total. The minimum atomic E-state index is 0.339. The Morgan fingerprint density at radius 1 is 1.47 bits per heavy atom. The van der Waals surface area contributed by atoms with E-state index in [9.17, 15) is 0 Å². The molecule has 3 rings (SSSR count). The molecule has 1 aromatic carbocycles. The number of imidazole rings is 1. The van der Waals surface area contributed by atoms with Crippen LogP contribution >= 0.6 is 11.8 Å². The maximum Gasteiger partial charge on any atom is 0.0955 e. The predicted molar refractivity (Wildman–Crippen MR) is 65.1 cm³/mol. The average molecular weight is 218 g/mol. The van der Waals surface area contributed by atoms with Crippen LogP contribution in [0.4, 0.5) is 0 Å². The Balaban J connectivity index is 2.14. The highest BCUT2D eigenvalue weighted by Gasteiger charge is 2.34. The summed E-state index contributed by atoms with van der Waals surface area (Å²) in [5.41, 5.74) is 3.75. The van der Waals surface area contributed by atoms with Crippen molar-refractivity contribution in [3.63, 3.8) is 0 Å². The van der Waals surface area contributed by atoms with Crippen LogP contribution in [0.5, 0.6) is 0 Å². The van der Waals surface area contributed by atoms with Gasteiger partial charge in [-0.25, -0.2) is 4.98 Å². The highest BCUT2D eigenvalue weighted by Crippen LogP contribution is 2.49. The molecule has 2 aromatic rings. The van der Waals surface area contributed by atoms with Gasteiger partial charge in [0, 0.05) is 11.8 Å². The molecule has 0 saturated carbocycles. The van der Waals surface area contributed by atoms with Crippen LogP contribution in [0.25, 0.3) is 11.0 Å². The number of aryl methyl sites for hydroxylation is 1. The number of benzene rings is 1. The Morgan fingerprint density at radius 3 is 2.93 bits per heavy atom. The molecule has 0 radical (unpaired) electrons. The third kappa shape index (κ3) is 1.29. The molecule has 1 aromatic heterocycles. The van der Waals surface area contributed by atoms with Crippen molar-refractivity contribution in [1.82, 2.24) is 9.55 Å². The molecule has 2 heterocycles. The smallest absolute Gasteiger partial charge is 0.0955 e. The number of rotatable bonds is 1. The van der Waals surface area contributed by atoms with E-state index in [1.807, 2.05) is 25.1 Å². The van der Waals surface area contributed by atoms with Gasteiger partial charge in [0.25, 0.3) is 0 Å². The molecule has 15 heavy (non-hydrogen) atoms. The fraction of sp³-hybridized carbons (Fsp3) is 0.417. The second-order valence-corrected chi connectivity index (χ2v) is 5.99. The number of fused-ring (bicyclic) bond motifs is 1. The SMILES string of the molecule is Cn1cnc2cc(C3(C)CCS3)ccc21. The third-order valence-corrected chi connectivity index (χ3v) is 4.82. The van der Waals surface area contributed by atoms with Crippen molar-refractivity contribution in [2.45, 2.75) is 18.1 Å². The lowest BCUT2D eigenvalue weighted by Crippen LogP contribution is -2.27. The molecule has 1 fully saturated rings. The topological polar surface area (TPSA) is 17.8 Å². The van der Waals surface area contributed by atoms with Gasteiger partial charge in [0.2, 0.25) is 0 Å². The molecule has 1 saturated heterocycles. The normalized spacial score (nSPS) is 25.5. The second-order valence-electron chi connectivity index (χ2n) is 4.39. The van der Waals surface area contributed by atoms with Crippen LogP contribution in [-0.2, 0) is 11.8 Å². The highest BCUT2D eigenvalue weighted by atomic mass is 32.2. The Labute approximate surface area is 93.7 Å². The van der Waals surface area contributed by atoms with Crippen LogP contribution in [-0.4, -0.2) is 15.3 Å². The molecular formula is C12H14N2S. The minimum absolute atomic E-state index is 0.339. The van der Waals surface area contributed by atoms with Crippen molar-refractivity contribution >= 4 is 22.8 Å². The van der Waals surface area contributed by atoms with Gasteiger partial charge < -0.3 is 4.57 Å². The zero-order valence-corrected chi connectivity index (χ0v) is 9.84. The van der Waals surface area contributed by atoms with Gasteiger partial charge in [-0.15, -0.1) is 0 Å². The van der Waals surface area contributed by atoms with Crippen LogP contribution in [0.2, 0.25) is 0 Å². The van der Waals surface area contributed by atoms with Crippen LogP contribution in [0.3, 0.4) is 0 Å². The minimum Gasteiger partial charge on any atom is -0.334 e. The zero-order chi connectivity index (χ0) is 10.5. The summed E-state index contributed by atoms with van der Waals surface area (Å²) in [6.45, 7) is 2.32. The second kappa shape index (κ2) is 3.01. The van der Waals surface area contributed by atoms with Gasteiger partial charge in [-0.2, -0.15) is 11.8 Å². The van der Waals surface area contributed by atoms with Crippen molar-refractivity contribution < 1.29 is 0 Å². The Bertz CT molecular complexity index is 511. The summed E-state index contributed by atoms with van der Waals surface area (Å²) < 4.78 is 2.40. The van der Waals surface area contributed by atoms with E-state index in [1.165, 1.54) is 23.3 Å². The monoisotopic (exact) mass is 218 g/mol. The molecule has 78 valence electrons. The van der Waals surface area contributed by atoms with E-state index >= 15 is 0 Å². The summed E-state index contributed by atoms with van der Waals surface area (Å²) in [4.78, 5) is 4.40. The van der Waals surface area contributed by atoms with Crippen LogP contribution < -0.4 is 0 Å². The van der Waals surface area contributed by atoms with E-state index in [0.717, 1.165) is 5.52 Å². The molecule has 1 atom stereocenters. The van der Waals surface area contributed by atoms with E-state index in [2.05, 4.69) is 34.7 Å². The lowest BCUT2D eigenvalue weighted by molar-refractivity contribution is 0.627. The van der Waals surface area contributed by atoms with E-state index in [1.54, 1.807) is 0 Å². The summed E-state index contributed by atoms with van der Waals surface area (Å²) in [6, 6.07) is 6.67. The molecule has 0 bridgehead atoms. The van der Waals surface area contributed by atoms with Crippen molar-refractivity contribution in [3.8, 4) is 0 Å². The zero-order valence-electron chi connectivity index (χ0n) is 9.03. The van der Waals surface area contributed by atoms with Gasteiger partial charge in [0.1, 0.15) is 0 Å². The fourth-order valence-corrected chi connectivity index (χ4v) is 3.21. The summed E-state index contributed by atoms with van der Waals surface area (Å²) in [5.74, 6) is 1.29. The molecule has 0 spiro atoms. The van der Waals surface area contributed by atoms with Crippen LogP contribution in [0.15, 0.2) is 24.5 Å². The molecule has 1 unspecified atom stereocenters. The quantitative estimate of drug-likeness (QED) is 0.732. The standard InChI is InChI=1S/C12H14N2S/c1-12(5-6-15-12)9-3-4-11-10(7-9)13-8-14(11)2/h3-4,7-8H,5-6H2,1-2H3. The van der Waals surface area contributed by atoms with Gasteiger partial charge in [-0.1, -0.05) is 6.07 Å². The summed E-state index contributed by atoms with van der Waals surface area (Å²) in [7, 11) is 2.04. The van der Waals surface area contributed by atoms with Gasteiger partial charge >= 0.3 is 0 Å². The van der Waals surface area contributed by atoms with E-state index in [-0.39, 0.29) is 0 Å². The summed E-state index contributed by atoms with van der Waals surface area (Å²) >= 11 is 2.04. The number of hydrogen-bond donors (Lipinski definition) is 0. The largest absolute Gasteiger partial charge is 0.334 e. The van der Waals surface area contributed by atoms with Crippen molar-refractivity contribution in [3.05, 3.63) is 30.1 Å². The summed E-state index contributed by atoms with van der Waals surface area (Å²) in [6.07, 6.45) is 3.17. The van der Waals surface area contributed by atoms with Crippen molar-refractivity contribution in [1.29, 1.82) is 0 Å². The van der Waals surface area contributed by atoms with Crippen molar-refractivity contribution in [2.75, 3.05) is 5.75 Å². The van der Waals surface area contributed by atoms with E-state index < -0.39 is 0 Å². The van der Waals surface area contributed by atoms with E-state index in [0.29, 0.717) is 4.75 Å². The predicted octanol–water partition coefficient (Wildman–Crippen LogP) is 2.93. The Kier molecular flexibility index (Phi) is 1.87. The Morgan fingerprint density at radius 2 is 2.27 bits per heavy atom. The molecule has 0 N–H and O–H groups in total. The van der Waals surface area contributed by atoms with Crippen molar-refractivity contribution in [2.24, 2.45) is 7.05 Å². The number of nitrogens with zero attached hydrogens (tertiary/aromatic N) is 2. The van der Waals surface area contributed by atoms with Gasteiger partial charge in [0.05, 0.1) is 17.4 Å². The highest BCUT2D eigenvalue weighted by molar-refractivity contribution is 8.01. The number of hydrogen-bond acceptors (Lipinski definition) is 2. The molecule has 1 aliphatic heterocycles. The van der Waals surface area contributed by atoms with Crippen LogP contribution in [0.1, 0.15) is 18.9 Å². The van der Waals surface area contributed by atoms with Gasteiger partial charge in [0.15, 0.2) is 0 Å². The first kappa shape index (κ1) is 9.28. The average Bonchev–Trinajstić information content (AvgIpc) is 2.56. The Hall–Kier alpha value is -0.960. The van der Waals surface area contributed by atoms with Gasteiger partial charge in [-0.3, -0.25) is 0 Å². The molecule has 3 heteroatoms. The maximum atomic E-state index is 4.40. The molecule has 1 aliphatic rings. The molecule has 0 aliphatic carbocycles. The number of aromatic nitrogens is 2. The lowest BCUT2D eigenvalue weighted by Gasteiger charge is -2.38. The first-order valence-corrected chi connectivity index (χ1v) is 6.23. The number of thioether (sulfide) groups is 1. The van der Waals surface area contributed by atoms with Gasteiger partial charge in [-0.05, 0) is 36.8 Å². The fourth-order valence-electron chi connectivity index (χ4n) is 2.10. The molecular weight excluding hydrogens is 204 g/mol.